The lowest BCUT2D eigenvalue weighted by molar-refractivity contribution is 0.190. The summed E-state index contributed by atoms with van der Waals surface area (Å²) in [6, 6.07) is 7.59. The molecule has 2 aromatic rings. The van der Waals surface area contributed by atoms with E-state index < -0.39 is 6.10 Å². The van der Waals surface area contributed by atoms with E-state index in [1.54, 1.807) is 18.0 Å². The second-order valence-corrected chi connectivity index (χ2v) is 5.21. The SMILES string of the molecule is Cn1ccnc1C(O)CSc1cccc(Cl)c1. The van der Waals surface area contributed by atoms with Crippen molar-refractivity contribution in [2.24, 2.45) is 7.05 Å². The van der Waals surface area contributed by atoms with Crippen molar-refractivity contribution in [3.8, 4) is 0 Å². The van der Waals surface area contributed by atoms with Gasteiger partial charge in [-0.15, -0.1) is 11.8 Å². The third-order valence-corrected chi connectivity index (χ3v) is 3.67. The average molecular weight is 269 g/mol. The van der Waals surface area contributed by atoms with Crippen molar-refractivity contribution < 1.29 is 5.11 Å². The third kappa shape index (κ3) is 3.25. The van der Waals surface area contributed by atoms with Gasteiger partial charge in [-0.2, -0.15) is 0 Å². The maximum Gasteiger partial charge on any atom is 0.138 e. The summed E-state index contributed by atoms with van der Waals surface area (Å²) in [7, 11) is 1.87. The first-order chi connectivity index (χ1) is 8.16. The van der Waals surface area contributed by atoms with Crippen LogP contribution in [0, 0.1) is 0 Å². The molecule has 0 saturated carbocycles. The topological polar surface area (TPSA) is 38.0 Å². The smallest absolute Gasteiger partial charge is 0.138 e. The molecular weight excluding hydrogens is 256 g/mol. The van der Waals surface area contributed by atoms with Crippen LogP contribution in [0.2, 0.25) is 5.02 Å². The number of aliphatic hydroxyl groups excluding tert-OH is 1. The molecule has 3 nitrogen and oxygen atoms in total. The van der Waals surface area contributed by atoms with E-state index in [0.29, 0.717) is 16.6 Å². The zero-order valence-electron chi connectivity index (χ0n) is 9.38. The largest absolute Gasteiger partial charge is 0.384 e. The predicted molar refractivity (Wildman–Crippen MR) is 70.3 cm³/mol. The van der Waals surface area contributed by atoms with Crippen LogP contribution in [-0.4, -0.2) is 20.4 Å². The molecule has 5 heteroatoms. The Balaban J connectivity index is 1.97. The van der Waals surface area contributed by atoms with Gasteiger partial charge in [0.15, 0.2) is 0 Å². The molecule has 0 fully saturated rings. The van der Waals surface area contributed by atoms with Gasteiger partial charge in [0, 0.05) is 35.1 Å². The zero-order chi connectivity index (χ0) is 12.3. The fourth-order valence-electron chi connectivity index (χ4n) is 1.50. The molecule has 1 N–H and O–H groups in total. The number of benzene rings is 1. The number of aryl methyl sites for hydroxylation is 1. The molecule has 1 heterocycles. The molecular formula is C12H13ClN2OS. The van der Waals surface area contributed by atoms with Crippen LogP contribution in [0.3, 0.4) is 0 Å². The highest BCUT2D eigenvalue weighted by Gasteiger charge is 2.12. The van der Waals surface area contributed by atoms with Crippen LogP contribution in [0.4, 0.5) is 0 Å². The molecule has 0 amide bonds. The van der Waals surface area contributed by atoms with E-state index in [9.17, 15) is 5.11 Å². The lowest BCUT2D eigenvalue weighted by atomic mass is 10.4. The number of rotatable bonds is 4. The molecule has 1 atom stereocenters. The summed E-state index contributed by atoms with van der Waals surface area (Å²) in [4.78, 5) is 5.17. The molecule has 90 valence electrons. The normalized spacial score (nSPS) is 12.6. The Hall–Kier alpha value is -0.970. The van der Waals surface area contributed by atoms with Gasteiger partial charge in [-0.25, -0.2) is 4.98 Å². The van der Waals surface area contributed by atoms with Gasteiger partial charge in [0.05, 0.1) is 0 Å². The summed E-state index contributed by atoms with van der Waals surface area (Å²) in [6.45, 7) is 0. The van der Waals surface area contributed by atoms with Gasteiger partial charge in [0.1, 0.15) is 11.9 Å². The van der Waals surface area contributed by atoms with Gasteiger partial charge in [-0.3, -0.25) is 0 Å². The lowest BCUT2D eigenvalue weighted by Gasteiger charge is -2.10. The van der Waals surface area contributed by atoms with Crippen molar-refractivity contribution in [3.05, 3.63) is 47.5 Å². The zero-order valence-corrected chi connectivity index (χ0v) is 10.9. The van der Waals surface area contributed by atoms with Crippen molar-refractivity contribution in [1.82, 2.24) is 9.55 Å². The molecule has 1 aromatic heterocycles. The second-order valence-electron chi connectivity index (χ2n) is 3.68. The van der Waals surface area contributed by atoms with Gasteiger partial charge in [0.25, 0.3) is 0 Å². The van der Waals surface area contributed by atoms with E-state index in [2.05, 4.69) is 4.98 Å². The van der Waals surface area contributed by atoms with E-state index in [1.165, 1.54) is 0 Å². The second kappa shape index (κ2) is 5.58. The molecule has 0 radical (unpaired) electrons. The summed E-state index contributed by atoms with van der Waals surface area (Å²) in [6.07, 6.45) is 2.93. The van der Waals surface area contributed by atoms with Gasteiger partial charge in [-0.1, -0.05) is 17.7 Å². The van der Waals surface area contributed by atoms with Crippen molar-refractivity contribution >= 4 is 23.4 Å². The monoisotopic (exact) mass is 268 g/mol. The van der Waals surface area contributed by atoms with Crippen molar-refractivity contribution in [3.63, 3.8) is 0 Å². The summed E-state index contributed by atoms with van der Waals surface area (Å²) in [5.41, 5.74) is 0. The summed E-state index contributed by atoms with van der Waals surface area (Å²) < 4.78 is 1.82. The van der Waals surface area contributed by atoms with Crippen LogP contribution < -0.4 is 0 Å². The molecule has 0 aliphatic carbocycles. The van der Waals surface area contributed by atoms with Crippen molar-refractivity contribution in [2.45, 2.75) is 11.0 Å². The Kier molecular flexibility index (Phi) is 4.10. The predicted octanol–water partition coefficient (Wildman–Crippen LogP) is 2.90. The van der Waals surface area contributed by atoms with Crippen LogP contribution in [0.25, 0.3) is 0 Å². The van der Waals surface area contributed by atoms with Gasteiger partial charge < -0.3 is 9.67 Å². The maximum atomic E-state index is 9.98. The molecule has 0 aliphatic heterocycles. The highest BCUT2D eigenvalue weighted by atomic mass is 35.5. The Morgan fingerprint density at radius 3 is 3.00 bits per heavy atom. The Bertz CT molecular complexity index is 501. The number of halogens is 1. The van der Waals surface area contributed by atoms with E-state index in [0.717, 1.165) is 4.90 Å². The molecule has 0 saturated heterocycles. The summed E-state index contributed by atoms with van der Waals surface area (Å²) in [5.74, 6) is 1.24. The van der Waals surface area contributed by atoms with E-state index in [1.807, 2.05) is 42.1 Å². The molecule has 2 rings (SSSR count). The quantitative estimate of drug-likeness (QED) is 0.867. The molecule has 17 heavy (non-hydrogen) atoms. The number of nitrogens with zero attached hydrogens (tertiary/aromatic N) is 2. The standard InChI is InChI=1S/C12H13ClN2OS/c1-15-6-5-14-12(15)11(16)8-17-10-4-2-3-9(13)7-10/h2-7,11,16H,8H2,1H3. The van der Waals surface area contributed by atoms with Crippen LogP contribution in [0.1, 0.15) is 11.9 Å². The number of imidazole rings is 1. The van der Waals surface area contributed by atoms with Crippen LogP contribution in [0.5, 0.6) is 0 Å². The van der Waals surface area contributed by atoms with E-state index in [-0.39, 0.29) is 0 Å². The fraction of sp³-hybridized carbons (Fsp3) is 0.250. The summed E-state index contributed by atoms with van der Waals surface area (Å²) in [5, 5.41) is 10.7. The molecule has 0 aliphatic rings. The first-order valence-electron chi connectivity index (χ1n) is 5.20. The number of hydrogen-bond donors (Lipinski definition) is 1. The Morgan fingerprint density at radius 2 is 2.35 bits per heavy atom. The molecule has 1 aromatic carbocycles. The minimum absolute atomic E-state index is 0.561. The number of aliphatic hydroxyl groups is 1. The van der Waals surface area contributed by atoms with Crippen molar-refractivity contribution in [1.29, 1.82) is 0 Å². The third-order valence-electron chi connectivity index (χ3n) is 2.36. The first kappa shape index (κ1) is 12.5. The van der Waals surface area contributed by atoms with Gasteiger partial charge in [-0.05, 0) is 18.2 Å². The van der Waals surface area contributed by atoms with E-state index >= 15 is 0 Å². The van der Waals surface area contributed by atoms with Gasteiger partial charge >= 0.3 is 0 Å². The van der Waals surface area contributed by atoms with Crippen LogP contribution in [-0.2, 0) is 7.05 Å². The summed E-state index contributed by atoms with van der Waals surface area (Å²) >= 11 is 7.45. The average Bonchev–Trinajstić information content (AvgIpc) is 2.72. The maximum absolute atomic E-state index is 9.98. The van der Waals surface area contributed by atoms with Crippen molar-refractivity contribution in [2.75, 3.05) is 5.75 Å². The minimum Gasteiger partial charge on any atom is -0.384 e. The van der Waals surface area contributed by atoms with Crippen LogP contribution in [0.15, 0.2) is 41.6 Å². The lowest BCUT2D eigenvalue weighted by Crippen LogP contribution is -2.07. The fourth-order valence-corrected chi connectivity index (χ4v) is 2.64. The molecule has 0 spiro atoms. The highest BCUT2D eigenvalue weighted by molar-refractivity contribution is 7.99. The van der Waals surface area contributed by atoms with Gasteiger partial charge in [0.2, 0.25) is 0 Å². The molecule has 0 bridgehead atoms. The molecule has 1 unspecified atom stereocenters. The Labute approximate surface area is 109 Å². The highest BCUT2D eigenvalue weighted by Crippen LogP contribution is 2.25. The van der Waals surface area contributed by atoms with E-state index in [4.69, 9.17) is 11.6 Å². The minimum atomic E-state index is -0.570. The Morgan fingerprint density at radius 1 is 1.53 bits per heavy atom. The first-order valence-corrected chi connectivity index (χ1v) is 6.57. The number of aromatic nitrogens is 2. The van der Waals surface area contributed by atoms with Crippen LogP contribution >= 0.6 is 23.4 Å². The number of hydrogen-bond acceptors (Lipinski definition) is 3. The number of thioether (sulfide) groups is 1.